The van der Waals surface area contributed by atoms with Gasteiger partial charge in [0.15, 0.2) is 16.4 Å². The van der Waals surface area contributed by atoms with Crippen LogP contribution in [0, 0.1) is 0 Å². The first-order valence-electron chi connectivity index (χ1n) is 9.03. The van der Waals surface area contributed by atoms with Gasteiger partial charge in [-0.05, 0) is 37.5 Å². The Balaban J connectivity index is 1.89. The predicted octanol–water partition coefficient (Wildman–Crippen LogP) is 2.57. The molecule has 1 aromatic carbocycles. The van der Waals surface area contributed by atoms with Crippen molar-refractivity contribution < 1.29 is 22.7 Å². The molecule has 0 aromatic heterocycles. The number of amides is 1. The zero-order valence-corrected chi connectivity index (χ0v) is 16.3. The molecule has 144 valence electrons. The highest BCUT2D eigenvalue weighted by atomic mass is 32.2. The third-order valence-corrected chi connectivity index (χ3v) is 5.48. The van der Waals surface area contributed by atoms with Crippen LogP contribution in [0.1, 0.15) is 54.9 Å². The van der Waals surface area contributed by atoms with Gasteiger partial charge in [0, 0.05) is 18.8 Å². The van der Waals surface area contributed by atoms with Crippen molar-refractivity contribution in [2.24, 2.45) is 0 Å². The molecular weight excluding hydrogens is 354 g/mol. The number of esters is 1. The Kier molecular flexibility index (Phi) is 7.20. The lowest BCUT2D eigenvalue weighted by atomic mass is 9.94. The summed E-state index contributed by atoms with van der Waals surface area (Å²) in [4.78, 5) is 26.3. The minimum Gasteiger partial charge on any atom is -0.452 e. The third kappa shape index (κ3) is 6.12. The van der Waals surface area contributed by atoms with Gasteiger partial charge in [-0.1, -0.05) is 31.4 Å². The molecule has 0 heterocycles. The van der Waals surface area contributed by atoms with Crippen molar-refractivity contribution in [2.75, 3.05) is 19.4 Å². The van der Waals surface area contributed by atoms with Gasteiger partial charge < -0.3 is 9.64 Å². The zero-order valence-electron chi connectivity index (χ0n) is 15.4. The second-order valence-electron chi connectivity index (χ2n) is 6.81. The maximum absolute atomic E-state index is 12.4. The van der Waals surface area contributed by atoms with Crippen LogP contribution in [-0.2, 0) is 25.1 Å². The van der Waals surface area contributed by atoms with Gasteiger partial charge >= 0.3 is 5.97 Å². The molecule has 1 amide bonds. The van der Waals surface area contributed by atoms with Crippen molar-refractivity contribution >= 4 is 21.7 Å². The molecule has 0 bridgehead atoms. The minimum atomic E-state index is -3.12. The normalized spacial score (nSPS) is 15.5. The maximum atomic E-state index is 12.4. The topological polar surface area (TPSA) is 80.8 Å². The number of likely N-dealkylation sites (N-methyl/N-ethyl adjacent to an activating group) is 1. The van der Waals surface area contributed by atoms with Gasteiger partial charge in [0.2, 0.25) is 0 Å². The molecule has 1 aromatic rings. The highest BCUT2D eigenvalue weighted by molar-refractivity contribution is 7.89. The number of hydrogen-bond acceptors (Lipinski definition) is 5. The van der Waals surface area contributed by atoms with Gasteiger partial charge in [-0.25, -0.2) is 13.2 Å². The van der Waals surface area contributed by atoms with E-state index >= 15 is 0 Å². The highest BCUT2D eigenvalue weighted by Crippen LogP contribution is 2.22. The van der Waals surface area contributed by atoms with E-state index in [1.807, 2.05) is 11.8 Å². The van der Waals surface area contributed by atoms with Crippen LogP contribution in [0.2, 0.25) is 0 Å². The van der Waals surface area contributed by atoms with E-state index < -0.39 is 15.8 Å². The molecule has 7 heteroatoms. The van der Waals surface area contributed by atoms with Gasteiger partial charge in [-0.3, -0.25) is 4.79 Å². The number of benzene rings is 1. The molecular formula is C19H27NO5S. The molecule has 1 saturated carbocycles. The fourth-order valence-electron chi connectivity index (χ4n) is 3.36. The molecule has 0 unspecified atom stereocenters. The number of carbonyl (C=O) groups excluding carboxylic acids is 2. The summed E-state index contributed by atoms with van der Waals surface area (Å²) in [5.74, 6) is -0.821. The van der Waals surface area contributed by atoms with Gasteiger partial charge in [-0.2, -0.15) is 0 Å². The van der Waals surface area contributed by atoms with Crippen molar-refractivity contribution in [3.05, 3.63) is 35.4 Å². The smallest absolute Gasteiger partial charge is 0.338 e. The lowest BCUT2D eigenvalue weighted by molar-refractivity contribution is -0.137. The van der Waals surface area contributed by atoms with Crippen molar-refractivity contribution in [2.45, 2.75) is 50.8 Å². The summed E-state index contributed by atoms with van der Waals surface area (Å²) in [6.45, 7) is 2.28. The van der Waals surface area contributed by atoms with Gasteiger partial charge in [-0.15, -0.1) is 0 Å². The Morgan fingerprint density at radius 2 is 1.73 bits per heavy atom. The Bertz CT molecular complexity index is 721. The van der Waals surface area contributed by atoms with E-state index in [2.05, 4.69) is 0 Å². The van der Waals surface area contributed by atoms with Gasteiger partial charge in [0.05, 0.1) is 11.3 Å². The van der Waals surface area contributed by atoms with Crippen LogP contribution in [-0.4, -0.2) is 50.6 Å². The molecule has 26 heavy (non-hydrogen) atoms. The summed E-state index contributed by atoms with van der Waals surface area (Å²) in [5.41, 5.74) is 0.908. The molecule has 0 spiro atoms. The van der Waals surface area contributed by atoms with E-state index in [1.165, 1.54) is 18.6 Å². The van der Waals surface area contributed by atoms with Crippen LogP contribution < -0.4 is 0 Å². The molecule has 6 nitrogen and oxygen atoms in total. The summed E-state index contributed by atoms with van der Waals surface area (Å²) < 4.78 is 27.7. The quantitative estimate of drug-likeness (QED) is 0.678. The first-order valence-corrected chi connectivity index (χ1v) is 11.1. The van der Waals surface area contributed by atoms with Crippen molar-refractivity contribution in [1.82, 2.24) is 4.90 Å². The Morgan fingerprint density at radius 3 is 2.27 bits per heavy atom. The second kappa shape index (κ2) is 9.16. The maximum Gasteiger partial charge on any atom is 0.338 e. The van der Waals surface area contributed by atoms with Crippen LogP contribution in [0.5, 0.6) is 0 Å². The van der Waals surface area contributed by atoms with E-state index in [0.717, 1.165) is 31.9 Å². The molecule has 1 aliphatic rings. The van der Waals surface area contributed by atoms with E-state index in [-0.39, 0.29) is 24.3 Å². The minimum absolute atomic E-state index is 0.0757. The molecule has 0 N–H and O–H groups in total. The molecule has 1 aliphatic carbocycles. The monoisotopic (exact) mass is 381 g/mol. The predicted molar refractivity (Wildman–Crippen MR) is 99.5 cm³/mol. The van der Waals surface area contributed by atoms with Crippen LogP contribution in [0.25, 0.3) is 0 Å². The lowest BCUT2D eigenvalue weighted by Crippen LogP contribution is -2.43. The number of rotatable bonds is 7. The fourth-order valence-corrected chi connectivity index (χ4v) is 4.16. The van der Waals surface area contributed by atoms with Crippen LogP contribution >= 0.6 is 0 Å². The van der Waals surface area contributed by atoms with E-state index in [0.29, 0.717) is 17.7 Å². The fraction of sp³-hybridized carbons (Fsp3) is 0.579. The molecule has 0 atom stereocenters. The summed E-state index contributed by atoms with van der Waals surface area (Å²) in [6, 6.07) is 6.45. The Morgan fingerprint density at radius 1 is 1.12 bits per heavy atom. The van der Waals surface area contributed by atoms with Gasteiger partial charge in [0.1, 0.15) is 0 Å². The number of carbonyl (C=O) groups is 2. The van der Waals surface area contributed by atoms with E-state index in [9.17, 15) is 18.0 Å². The van der Waals surface area contributed by atoms with Crippen molar-refractivity contribution in [3.63, 3.8) is 0 Å². The largest absolute Gasteiger partial charge is 0.452 e. The summed E-state index contributed by atoms with van der Waals surface area (Å²) in [7, 11) is -3.12. The van der Waals surface area contributed by atoms with Crippen LogP contribution in [0.4, 0.5) is 0 Å². The summed E-state index contributed by atoms with van der Waals surface area (Å²) >= 11 is 0. The van der Waals surface area contributed by atoms with Gasteiger partial charge in [0.25, 0.3) is 5.91 Å². The zero-order chi connectivity index (χ0) is 19.2. The van der Waals surface area contributed by atoms with Crippen LogP contribution in [0.3, 0.4) is 0 Å². The number of ether oxygens (including phenoxy) is 1. The van der Waals surface area contributed by atoms with Crippen molar-refractivity contribution in [1.29, 1.82) is 0 Å². The molecule has 0 saturated heterocycles. The highest BCUT2D eigenvalue weighted by Gasteiger charge is 2.24. The third-order valence-electron chi connectivity index (χ3n) is 4.62. The first kappa shape index (κ1) is 20.4. The summed E-state index contributed by atoms with van der Waals surface area (Å²) in [6.07, 6.45) is 6.66. The molecule has 2 rings (SSSR count). The Labute approximate surface area is 155 Å². The Hall–Kier alpha value is -1.89. The summed E-state index contributed by atoms with van der Waals surface area (Å²) in [5, 5.41) is 0. The van der Waals surface area contributed by atoms with Crippen LogP contribution in [0.15, 0.2) is 24.3 Å². The molecule has 0 radical (unpaired) electrons. The first-order chi connectivity index (χ1) is 12.3. The van der Waals surface area contributed by atoms with E-state index in [1.54, 1.807) is 12.1 Å². The molecule has 1 fully saturated rings. The van der Waals surface area contributed by atoms with Crippen molar-refractivity contribution in [3.8, 4) is 0 Å². The van der Waals surface area contributed by atoms with E-state index in [4.69, 9.17) is 4.74 Å². The SMILES string of the molecule is CCN(C(=O)COC(=O)c1ccc(CS(C)(=O)=O)cc1)C1CCCCC1. The average Bonchev–Trinajstić information content (AvgIpc) is 2.60. The number of hydrogen-bond donors (Lipinski definition) is 0. The number of nitrogens with zero attached hydrogens (tertiary/aromatic N) is 1. The second-order valence-corrected chi connectivity index (χ2v) is 8.95. The number of sulfone groups is 1. The molecule has 0 aliphatic heterocycles. The average molecular weight is 381 g/mol. The lowest BCUT2D eigenvalue weighted by Gasteiger charge is -2.33. The standard InChI is InChI=1S/C19H27NO5S/c1-3-20(17-7-5-4-6-8-17)18(21)13-25-19(22)16-11-9-15(10-12-16)14-26(2,23)24/h9-12,17H,3-8,13-14H2,1-2H3.